The summed E-state index contributed by atoms with van der Waals surface area (Å²) in [6.45, 7) is 0. The fourth-order valence-corrected chi connectivity index (χ4v) is 1.67. The van der Waals surface area contributed by atoms with E-state index in [4.69, 9.17) is 15.9 Å². The van der Waals surface area contributed by atoms with Crippen LogP contribution in [0.2, 0.25) is 0 Å². The summed E-state index contributed by atoms with van der Waals surface area (Å²) in [5, 5.41) is 0. The van der Waals surface area contributed by atoms with Crippen molar-refractivity contribution >= 4 is 5.97 Å². The lowest BCUT2D eigenvalue weighted by Gasteiger charge is -2.07. The van der Waals surface area contributed by atoms with Gasteiger partial charge in [0.25, 0.3) is 0 Å². The van der Waals surface area contributed by atoms with Gasteiger partial charge in [0.1, 0.15) is 6.11 Å². The van der Waals surface area contributed by atoms with Crippen LogP contribution in [-0.4, -0.2) is 20.2 Å². The monoisotopic (exact) mass is 446 g/mol. The van der Waals surface area contributed by atoms with Crippen LogP contribution in [0.4, 0.5) is 0 Å². The molecular formula is C31H10O4. The molecule has 4 nitrogen and oxygen atoms in total. The summed E-state index contributed by atoms with van der Waals surface area (Å²) in [4.78, 5) is 11.5. The Balaban J connectivity index is 2.54. The van der Waals surface area contributed by atoms with Gasteiger partial charge < -0.3 is 14.2 Å². The Labute approximate surface area is 205 Å². The number of rotatable bonds is 3. The highest BCUT2D eigenvalue weighted by Crippen LogP contribution is 2.28. The summed E-state index contributed by atoms with van der Waals surface area (Å²) in [6.07, 6.45) is 7.32. The Kier molecular flexibility index (Phi) is 13.8. The standard InChI is InChI=1S/C31H10O4/c1-4-5-6-7-8-9-10-11-12-13-14-15-16-17-18-19-20-21-22-23-26-35-29-25-24-28(31(32)34-3)27-30(29)33-2/h1,24-25,27H,2-3H3. The summed E-state index contributed by atoms with van der Waals surface area (Å²) in [5.41, 5.74) is 0.322. The molecule has 1 aromatic rings. The van der Waals surface area contributed by atoms with E-state index in [1.165, 1.54) is 32.4 Å². The number of benzene rings is 1. The van der Waals surface area contributed by atoms with Crippen molar-refractivity contribution in [3.8, 4) is 142 Å². The van der Waals surface area contributed by atoms with Crippen molar-refractivity contribution in [2.45, 2.75) is 0 Å². The van der Waals surface area contributed by atoms with Crippen LogP contribution in [-0.2, 0) is 4.74 Å². The first-order valence-corrected chi connectivity index (χ1v) is 9.11. The van der Waals surface area contributed by atoms with E-state index in [2.05, 4.69) is 129 Å². The fourth-order valence-electron chi connectivity index (χ4n) is 1.67. The molecule has 1 rings (SSSR count). The molecule has 0 amide bonds. The minimum absolute atomic E-state index is 0.322. The predicted molar refractivity (Wildman–Crippen MR) is 132 cm³/mol. The average Bonchev–Trinajstić information content (AvgIpc) is 2.89. The molecule has 35 heavy (non-hydrogen) atoms. The van der Waals surface area contributed by atoms with Crippen LogP contribution in [0.5, 0.6) is 11.5 Å². The second-order valence-corrected chi connectivity index (χ2v) is 5.08. The van der Waals surface area contributed by atoms with Gasteiger partial charge in [-0.1, -0.05) is 0 Å². The maximum Gasteiger partial charge on any atom is 0.337 e. The van der Waals surface area contributed by atoms with Gasteiger partial charge in [-0.05, 0) is 65.6 Å². The molecule has 0 bridgehead atoms. The van der Waals surface area contributed by atoms with Crippen LogP contribution in [0, 0.1) is 131 Å². The average molecular weight is 446 g/mol. The smallest absolute Gasteiger partial charge is 0.337 e. The van der Waals surface area contributed by atoms with Crippen LogP contribution in [0.15, 0.2) is 18.2 Å². The van der Waals surface area contributed by atoms with E-state index < -0.39 is 5.97 Å². The Morgan fingerprint density at radius 2 is 1.06 bits per heavy atom. The zero-order chi connectivity index (χ0) is 25.4. The number of methoxy groups -OCH3 is 2. The molecule has 0 atom stereocenters. The maximum atomic E-state index is 11.5. The third-order valence-electron chi connectivity index (χ3n) is 2.99. The van der Waals surface area contributed by atoms with Crippen LogP contribution in [0.25, 0.3) is 0 Å². The van der Waals surface area contributed by atoms with E-state index in [1.54, 1.807) is 0 Å². The highest BCUT2D eigenvalue weighted by Gasteiger charge is 2.10. The molecule has 0 saturated carbocycles. The zero-order valence-corrected chi connectivity index (χ0v) is 18.4. The highest BCUT2D eigenvalue weighted by atomic mass is 16.5. The zero-order valence-electron chi connectivity index (χ0n) is 18.4. The molecule has 0 fully saturated rings. The van der Waals surface area contributed by atoms with E-state index in [9.17, 15) is 4.79 Å². The number of hydrogen-bond acceptors (Lipinski definition) is 4. The third-order valence-corrected chi connectivity index (χ3v) is 2.99. The molecule has 158 valence electrons. The molecule has 1 aromatic carbocycles. The molecule has 0 aliphatic rings. The SMILES string of the molecule is C#CC#CC#CC#CC#CC#CC#CC#CC#CC#CC#COc1ccc(C(=O)OC)cc1OC. The van der Waals surface area contributed by atoms with E-state index in [0.717, 1.165) is 0 Å². The Hall–Kier alpha value is -6.55. The molecule has 0 heterocycles. The molecule has 4 heteroatoms. The molecule has 0 radical (unpaired) electrons. The minimum Gasteiger partial charge on any atom is -0.493 e. The number of carbonyl (C=O) groups excluding carboxylic acids is 1. The Morgan fingerprint density at radius 3 is 1.46 bits per heavy atom. The lowest BCUT2D eigenvalue weighted by atomic mass is 10.2. The van der Waals surface area contributed by atoms with Crippen molar-refractivity contribution in [3.63, 3.8) is 0 Å². The van der Waals surface area contributed by atoms with E-state index in [0.29, 0.717) is 17.1 Å². The van der Waals surface area contributed by atoms with Crippen molar-refractivity contribution in [1.29, 1.82) is 0 Å². The summed E-state index contributed by atoms with van der Waals surface area (Å²) >= 11 is 0. The van der Waals surface area contributed by atoms with Crippen LogP contribution < -0.4 is 9.47 Å². The molecule has 0 unspecified atom stereocenters. The Morgan fingerprint density at radius 1 is 0.629 bits per heavy atom. The third kappa shape index (κ3) is 12.7. The number of terminal acetylenes is 1. The van der Waals surface area contributed by atoms with Gasteiger partial charge in [0.05, 0.1) is 19.8 Å². The summed E-state index contributed by atoms with van der Waals surface area (Å²) in [7, 11) is 2.73. The number of esters is 1. The summed E-state index contributed by atoms with van der Waals surface area (Å²) in [5.74, 6) is 49.2. The second kappa shape index (κ2) is 18.2. The lowest BCUT2D eigenvalue weighted by molar-refractivity contribution is 0.0600. The Bertz CT molecular complexity index is 1670. The molecule has 0 aliphatic heterocycles. The molecule has 0 aliphatic carbocycles. The summed E-state index contributed by atoms with van der Waals surface area (Å²) in [6, 6.07) is 4.54. The first kappa shape index (κ1) is 26.5. The predicted octanol–water partition coefficient (Wildman–Crippen LogP) is 1.49. The van der Waals surface area contributed by atoms with Crippen molar-refractivity contribution in [2.75, 3.05) is 14.2 Å². The van der Waals surface area contributed by atoms with Crippen molar-refractivity contribution in [1.82, 2.24) is 0 Å². The number of carbonyl (C=O) groups is 1. The van der Waals surface area contributed by atoms with E-state index in [-0.39, 0.29) is 0 Å². The summed E-state index contributed by atoms with van der Waals surface area (Å²) < 4.78 is 15.1. The maximum absolute atomic E-state index is 11.5. The van der Waals surface area contributed by atoms with Crippen LogP contribution in [0.3, 0.4) is 0 Å². The molecule has 0 N–H and O–H groups in total. The van der Waals surface area contributed by atoms with Gasteiger partial charge >= 0.3 is 5.97 Å². The van der Waals surface area contributed by atoms with Gasteiger partial charge in [-0.25, -0.2) is 4.79 Å². The highest BCUT2D eigenvalue weighted by molar-refractivity contribution is 5.90. The van der Waals surface area contributed by atoms with Crippen molar-refractivity contribution in [2.24, 2.45) is 0 Å². The second-order valence-electron chi connectivity index (χ2n) is 5.08. The molecular weight excluding hydrogens is 436 g/mol. The van der Waals surface area contributed by atoms with E-state index in [1.807, 2.05) is 0 Å². The van der Waals surface area contributed by atoms with Gasteiger partial charge in [0.15, 0.2) is 11.5 Å². The fraction of sp³-hybridized carbons (Fsp3) is 0.0645. The van der Waals surface area contributed by atoms with Gasteiger partial charge in [-0.15, -0.1) is 6.42 Å². The van der Waals surface area contributed by atoms with Gasteiger partial charge in [-0.3, -0.25) is 0 Å². The lowest BCUT2D eigenvalue weighted by Crippen LogP contribution is -2.02. The first-order chi connectivity index (χ1) is 17.2. The largest absolute Gasteiger partial charge is 0.493 e. The minimum atomic E-state index is -0.491. The number of hydrogen-bond donors (Lipinski definition) is 0. The van der Waals surface area contributed by atoms with Gasteiger partial charge in [0.2, 0.25) is 0 Å². The van der Waals surface area contributed by atoms with Crippen LogP contribution >= 0.6 is 0 Å². The van der Waals surface area contributed by atoms with Crippen LogP contribution in [0.1, 0.15) is 10.4 Å². The molecule has 0 aromatic heterocycles. The van der Waals surface area contributed by atoms with Gasteiger partial charge in [0, 0.05) is 71.0 Å². The molecule has 0 spiro atoms. The van der Waals surface area contributed by atoms with E-state index >= 15 is 0 Å². The molecule has 0 saturated heterocycles. The first-order valence-electron chi connectivity index (χ1n) is 9.11. The quantitative estimate of drug-likeness (QED) is 0.522. The topological polar surface area (TPSA) is 44.8 Å². The normalized spacial score (nSPS) is 6.09. The van der Waals surface area contributed by atoms with Crippen molar-refractivity contribution < 1.29 is 19.0 Å². The number of ether oxygens (including phenoxy) is 3. The van der Waals surface area contributed by atoms with Gasteiger partial charge in [-0.2, -0.15) is 0 Å². The van der Waals surface area contributed by atoms with Crippen molar-refractivity contribution in [3.05, 3.63) is 23.8 Å².